The highest BCUT2D eigenvalue weighted by Gasteiger charge is 2.16. The Morgan fingerprint density at radius 1 is 1.12 bits per heavy atom. The maximum absolute atomic E-state index is 13.2. The van der Waals surface area contributed by atoms with Gasteiger partial charge in [0.25, 0.3) is 5.91 Å². The number of carbonyl (C=O) groups excluding carboxylic acids is 2. The van der Waals surface area contributed by atoms with Gasteiger partial charge in [-0.05, 0) is 51.7 Å². The molecule has 0 atom stereocenters. The topological polar surface area (TPSA) is 46.6 Å². The first-order chi connectivity index (χ1) is 11.9. The third kappa shape index (κ3) is 5.39. The fourth-order valence-electron chi connectivity index (χ4n) is 2.21. The standard InChI is InChI=1S/C19H19BrFNO3/c1-3-13-4-6-14(7-5-13)11-22(2)18(23)12-25-19(24)16-10-15(21)8-9-17(16)20/h4-10H,3,11-12H2,1-2H3. The van der Waals surface area contributed by atoms with Gasteiger partial charge in [0, 0.05) is 18.1 Å². The summed E-state index contributed by atoms with van der Waals surface area (Å²) in [4.78, 5) is 25.6. The summed E-state index contributed by atoms with van der Waals surface area (Å²) < 4.78 is 18.6. The average Bonchev–Trinajstić information content (AvgIpc) is 2.62. The van der Waals surface area contributed by atoms with E-state index in [0.717, 1.165) is 18.1 Å². The molecule has 25 heavy (non-hydrogen) atoms. The van der Waals surface area contributed by atoms with Crippen molar-refractivity contribution < 1.29 is 18.7 Å². The van der Waals surface area contributed by atoms with Crippen molar-refractivity contribution in [3.05, 3.63) is 69.4 Å². The van der Waals surface area contributed by atoms with Crippen molar-refractivity contribution in [2.45, 2.75) is 19.9 Å². The Labute approximate surface area is 154 Å². The number of ether oxygens (including phenoxy) is 1. The summed E-state index contributed by atoms with van der Waals surface area (Å²) in [6.07, 6.45) is 0.959. The number of benzene rings is 2. The van der Waals surface area contributed by atoms with Gasteiger partial charge in [-0.3, -0.25) is 4.79 Å². The summed E-state index contributed by atoms with van der Waals surface area (Å²) in [5.41, 5.74) is 2.27. The van der Waals surface area contributed by atoms with Crippen LogP contribution in [0.4, 0.5) is 4.39 Å². The largest absolute Gasteiger partial charge is 0.452 e. The SMILES string of the molecule is CCc1ccc(CN(C)C(=O)COC(=O)c2cc(F)ccc2Br)cc1. The molecule has 4 nitrogen and oxygen atoms in total. The lowest BCUT2D eigenvalue weighted by molar-refractivity contribution is -0.133. The normalized spacial score (nSPS) is 10.4. The fourth-order valence-corrected chi connectivity index (χ4v) is 2.62. The number of amides is 1. The minimum Gasteiger partial charge on any atom is -0.452 e. The van der Waals surface area contributed by atoms with Crippen LogP contribution in [0.15, 0.2) is 46.9 Å². The lowest BCUT2D eigenvalue weighted by Crippen LogP contribution is -2.30. The number of rotatable bonds is 6. The molecule has 0 spiro atoms. The Morgan fingerprint density at radius 2 is 1.76 bits per heavy atom. The predicted molar refractivity (Wildman–Crippen MR) is 96.7 cm³/mol. The minimum atomic E-state index is -0.750. The van der Waals surface area contributed by atoms with Crippen LogP contribution < -0.4 is 0 Å². The molecule has 0 saturated heterocycles. The molecule has 132 valence electrons. The number of aryl methyl sites for hydroxylation is 1. The second-order valence-corrected chi connectivity index (χ2v) is 6.47. The van der Waals surface area contributed by atoms with Crippen molar-refractivity contribution >= 4 is 27.8 Å². The van der Waals surface area contributed by atoms with Crippen molar-refractivity contribution in [3.63, 3.8) is 0 Å². The van der Waals surface area contributed by atoms with E-state index in [1.54, 1.807) is 7.05 Å². The van der Waals surface area contributed by atoms with Gasteiger partial charge in [-0.2, -0.15) is 0 Å². The van der Waals surface area contributed by atoms with Crippen LogP contribution in [0.5, 0.6) is 0 Å². The summed E-state index contributed by atoms with van der Waals surface area (Å²) >= 11 is 3.16. The molecule has 2 aromatic rings. The molecule has 0 heterocycles. The van der Waals surface area contributed by atoms with E-state index in [9.17, 15) is 14.0 Å². The number of hydrogen-bond acceptors (Lipinski definition) is 3. The molecular formula is C19H19BrFNO3. The van der Waals surface area contributed by atoms with E-state index in [4.69, 9.17) is 4.74 Å². The molecule has 0 saturated carbocycles. The summed E-state index contributed by atoms with van der Waals surface area (Å²) in [6.45, 7) is 2.10. The average molecular weight is 408 g/mol. The quantitative estimate of drug-likeness (QED) is 0.680. The van der Waals surface area contributed by atoms with Gasteiger partial charge in [0.1, 0.15) is 5.82 Å². The van der Waals surface area contributed by atoms with Crippen LogP contribution in [0.1, 0.15) is 28.4 Å². The summed E-state index contributed by atoms with van der Waals surface area (Å²) in [7, 11) is 1.64. The zero-order chi connectivity index (χ0) is 18.4. The van der Waals surface area contributed by atoms with E-state index < -0.39 is 18.4 Å². The molecule has 0 unspecified atom stereocenters. The van der Waals surface area contributed by atoms with Crippen molar-refractivity contribution in [3.8, 4) is 0 Å². The van der Waals surface area contributed by atoms with E-state index >= 15 is 0 Å². The van der Waals surface area contributed by atoms with Gasteiger partial charge in [0.15, 0.2) is 6.61 Å². The summed E-state index contributed by atoms with van der Waals surface area (Å²) in [6, 6.07) is 11.7. The zero-order valence-corrected chi connectivity index (χ0v) is 15.7. The van der Waals surface area contributed by atoms with E-state index in [-0.39, 0.29) is 11.5 Å². The van der Waals surface area contributed by atoms with Gasteiger partial charge in [-0.1, -0.05) is 31.2 Å². The van der Waals surface area contributed by atoms with Gasteiger partial charge in [0.2, 0.25) is 0 Å². The van der Waals surface area contributed by atoms with Crippen molar-refractivity contribution in [1.82, 2.24) is 4.90 Å². The van der Waals surface area contributed by atoms with E-state index in [1.165, 1.54) is 22.6 Å². The minimum absolute atomic E-state index is 0.0469. The number of nitrogens with zero attached hydrogens (tertiary/aromatic N) is 1. The summed E-state index contributed by atoms with van der Waals surface area (Å²) in [5.74, 6) is -1.63. The highest BCUT2D eigenvalue weighted by molar-refractivity contribution is 9.10. The number of halogens is 2. The molecular weight excluding hydrogens is 389 g/mol. The molecule has 0 fully saturated rings. The van der Waals surface area contributed by atoms with Crippen LogP contribution in [-0.2, 0) is 22.5 Å². The highest BCUT2D eigenvalue weighted by Crippen LogP contribution is 2.18. The van der Waals surface area contributed by atoms with Gasteiger partial charge in [-0.15, -0.1) is 0 Å². The molecule has 2 rings (SSSR count). The lowest BCUT2D eigenvalue weighted by atomic mass is 10.1. The maximum Gasteiger partial charge on any atom is 0.339 e. The monoisotopic (exact) mass is 407 g/mol. The second-order valence-electron chi connectivity index (χ2n) is 5.62. The van der Waals surface area contributed by atoms with Crippen LogP contribution in [0.25, 0.3) is 0 Å². The molecule has 0 aromatic heterocycles. The number of likely N-dealkylation sites (N-methyl/N-ethyl adjacent to an activating group) is 1. The molecule has 0 aliphatic heterocycles. The molecule has 0 aliphatic carbocycles. The van der Waals surface area contributed by atoms with Crippen molar-refractivity contribution in [1.29, 1.82) is 0 Å². The van der Waals surface area contributed by atoms with Crippen LogP contribution in [0, 0.1) is 5.82 Å². The van der Waals surface area contributed by atoms with Gasteiger partial charge in [-0.25, -0.2) is 9.18 Å². The van der Waals surface area contributed by atoms with Crippen LogP contribution in [-0.4, -0.2) is 30.4 Å². The van der Waals surface area contributed by atoms with Crippen LogP contribution >= 0.6 is 15.9 Å². The van der Waals surface area contributed by atoms with Crippen molar-refractivity contribution in [2.24, 2.45) is 0 Å². The lowest BCUT2D eigenvalue weighted by Gasteiger charge is -2.17. The van der Waals surface area contributed by atoms with Crippen LogP contribution in [0.2, 0.25) is 0 Å². The first kappa shape index (κ1) is 19.1. The third-order valence-electron chi connectivity index (χ3n) is 3.75. The van der Waals surface area contributed by atoms with Crippen LogP contribution in [0.3, 0.4) is 0 Å². The number of hydrogen-bond donors (Lipinski definition) is 0. The zero-order valence-electron chi connectivity index (χ0n) is 14.1. The van der Waals surface area contributed by atoms with Gasteiger partial charge in [0.05, 0.1) is 5.56 Å². The predicted octanol–water partition coefficient (Wildman–Crippen LogP) is 3.97. The molecule has 0 bridgehead atoms. The Kier molecular flexibility index (Phi) is 6.70. The molecule has 1 amide bonds. The smallest absolute Gasteiger partial charge is 0.339 e. The van der Waals surface area contributed by atoms with Crippen molar-refractivity contribution in [2.75, 3.05) is 13.7 Å². The van der Waals surface area contributed by atoms with Gasteiger partial charge >= 0.3 is 5.97 Å². The molecule has 0 aliphatic rings. The molecule has 0 radical (unpaired) electrons. The Bertz CT molecular complexity index is 762. The highest BCUT2D eigenvalue weighted by atomic mass is 79.9. The van der Waals surface area contributed by atoms with Gasteiger partial charge < -0.3 is 9.64 Å². The summed E-state index contributed by atoms with van der Waals surface area (Å²) in [5, 5.41) is 0. The Hall–Kier alpha value is -2.21. The second kappa shape index (κ2) is 8.76. The van der Waals surface area contributed by atoms with E-state index in [2.05, 4.69) is 22.9 Å². The van der Waals surface area contributed by atoms with E-state index in [1.807, 2.05) is 24.3 Å². The van der Waals surface area contributed by atoms with E-state index in [0.29, 0.717) is 11.0 Å². The first-order valence-electron chi connectivity index (χ1n) is 7.84. The Morgan fingerprint density at radius 3 is 2.40 bits per heavy atom. The fraction of sp³-hybridized carbons (Fsp3) is 0.263. The molecule has 0 N–H and O–H groups in total. The molecule has 2 aromatic carbocycles. The number of carbonyl (C=O) groups is 2. The first-order valence-corrected chi connectivity index (χ1v) is 8.64. The number of esters is 1. The Balaban J connectivity index is 1.90. The third-order valence-corrected chi connectivity index (χ3v) is 4.44. The maximum atomic E-state index is 13.2. The molecule has 6 heteroatoms.